The molecule has 0 saturated carbocycles. The van der Waals surface area contributed by atoms with Gasteiger partial charge in [0.1, 0.15) is 6.54 Å². The van der Waals surface area contributed by atoms with E-state index in [1.54, 1.807) is 38.1 Å². The topological polar surface area (TPSA) is 84.5 Å². The summed E-state index contributed by atoms with van der Waals surface area (Å²) >= 11 is 5.71. The predicted molar refractivity (Wildman–Crippen MR) is 78.0 cm³/mol. The lowest BCUT2D eigenvalue weighted by atomic mass is 10.2. The number of carbonyl (C=O) groups excluding carboxylic acids is 3. The number of hydrogen-bond acceptors (Lipinski definition) is 4. The smallest absolute Gasteiger partial charge is 0.325 e. The van der Waals surface area contributed by atoms with Crippen molar-refractivity contribution in [3.63, 3.8) is 0 Å². The fourth-order valence-electron chi connectivity index (χ4n) is 1.42. The van der Waals surface area contributed by atoms with E-state index in [2.05, 4.69) is 10.6 Å². The molecule has 7 heteroatoms. The molecule has 2 N–H and O–H groups in total. The Hall–Kier alpha value is -2.08. The van der Waals surface area contributed by atoms with Gasteiger partial charge in [-0.15, -0.1) is 0 Å². The third-order valence-electron chi connectivity index (χ3n) is 2.31. The van der Waals surface area contributed by atoms with Crippen LogP contribution in [0.5, 0.6) is 0 Å². The Morgan fingerprint density at radius 2 is 1.81 bits per heavy atom. The van der Waals surface area contributed by atoms with Gasteiger partial charge in [0.25, 0.3) is 11.8 Å². The van der Waals surface area contributed by atoms with Gasteiger partial charge in [0.2, 0.25) is 0 Å². The quantitative estimate of drug-likeness (QED) is 0.771. The van der Waals surface area contributed by atoms with Gasteiger partial charge >= 0.3 is 5.97 Å². The number of hydrogen-bond donors (Lipinski definition) is 2. The van der Waals surface area contributed by atoms with Crippen LogP contribution in [0.4, 0.5) is 0 Å². The molecule has 1 aromatic carbocycles. The minimum absolute atomic E-state index is 0.0270. The zero-order chi connectivity index (χ0) is 15.8. The van der Waals surface area contributed by atoms with Gasteiger partial charge in [0.15, 0.2) is 6.61 Å². The van der Waals surface area contributed by atoms with E-state index < -0.39 is 11.9 Å². The molecule has 0 aromatic heterocycles. The molecule has 6 nitrogen and oxygen atoms in total. The van der Waals surface area contributed by atoms with Crippen molar-refractivity contribution in [3.8, 4) is 0 Å². The van der Waals surface area contributed by atoms with Crippen molar-refractivity contribution < 1.29 is 19.1 Å². The first-order valence-electron chi connectivity index (χ1n) is 6.37. The van der Waals surface area contributed by atoms with E-state index in [9.17, 15) is 14.4 Å². The lowest BCUT2D eigenvalue weighted by molar-refractivity contribution is -0.147. The van der Waals surface area contributed by atoms with Gasteiger partial charge in [-0.3, -0.25) is 14.4 Å². The predicted octanol–water partition coefficient (Wildman–Crippen LogP) is 1.14. The van der Waals surface area contributed by atoms with Crippen LogP contribution in [0.25, 0.3) is 0 Å². The van der Waals surface area contributed by atoms with Crippen molar-refractivity contribution in [2.45, 2.75) is 19.9 Å². The molecule has 2 amide bonds. The van der Waals surface area contributed by atoms with Crippen LogP contribution in [0.3, 0.4) is 0 Å². The lowest BCUT2D eigenvalue weighted by Gasteiger charge is -2.09. The SMILES string of the molecule is CC(C)NC(=O)COC(=O)CNC(=O)c1ccc(Cl)cc1. The summed E-state index contributed by atoms with van der Waals surface area (Å²) in [6.45, 7) is 2.92. The van der Waals surface area contributed by atoms with Crippen molar-refractivity contribution in [3.05, 3.63) is 34.9 Å². The van der Waals surface area contributed by atoms with Crippen LogP contribution in [0, 0.1) is 0 Å². The van der Waals surface area contributed by atoms with Crippen molar-refractivity contribution >= 4 is 29.4 Å². The molecule has 0 aliphatic rings. The molecular weight excluding hydrogens is 296 g/mol. The summed E-state index contributed by atoms with van der Waals surface area (Å²) < 4.78 is 4.72. The van der Waals surface area contributed by atoms with Crippen LogP contribution in [0.2, 0.25) is 5.02 Å². The maximum absolute atomic E-state index is 11.7. The van der Waals surface area contributed by atoms with Crippen molar-refractivity contribution in [1.82, 2.24) is 10.6 Å². The molecule has 0 heterocycles. The summed E-state index contributed by atoms with van der Waals surface area (Å²) in [4.78, 5) is 34.3. The van der Waals surface area contributed by atoms with Crippen molar-refractivity contribution in [2.75, 3.05) is 13.2 Å². The van der Waals surface area contributed by atoms with Gasteiger partial charge in [-0.2, -0.15) is 0 Å². The first kappa shape index (κ1) is 17.0. The molecule has 1 aromatic rings. The second-order valence-corrected chi connectivity index (χ2v) is 5.01. The van der Waals surface area contributed by atoms with E-state index >= 15 is 0 Å². The van der Waals surface area contributed by atoms with Crippen molar-refractivity contribution in [2.24, 2.45) is 0 Å². The average molecular weight is 313 g/mol. The second-order valence-electron chi connectivity index (χ2n) is 4.57. The number of ether oxygens (including phenoxy) is 1. The second kappa shape index (κ2) is 8.26. The van der Waals surface area contributed by atoms with Crippen LogP contribution in [-0.4, -0.2) is 37.0 Å². The fourth-order valence-corrected chi connectivity index (χ4v) is 1.54. The molecule has 0 aliphatic heterocycles. The van der Waals surface area contributed by atoms with E-state index in [0.717, 1.165) is 0 Å². The highest BCUT2D eigenvalue weighted by atomic mass is 35.5. The Balaban J connectivity index is 2.31. The maximum atomic E-state index is 11.7. The summed E-state index contributed by atoms with van der Waals surface area (Å²) in [5.41, 5.74) is 0.379. The molecular formula is C14H17ClN2O4. The Kier molecular flexibility index (Phi) is 6.68. The Morgan fingerprint density at radius 3 is 2.38 bits per heavy atom. The Bertz CT molecular complexity index is 514. The standard InChI is InChI=1S/C14H17ClN2O4/c1-9(2)17-12(18)8-21-13(19)7-16-14(20)10-3-5-11(15)6-4-10/h3-6,9H,7-8H2,1-2H3,(H,16,20)(H,17,18). The molecule has 1 rings (SSSR count). The molecule has 0 spiro atoms. The summed E-state index contributed by atoms with van der Waals surface area (Å²) in [6, 6.07) is 6.20. The zero-order valence-electron chi connectivity index (χ0n) is 11.8. The van der Waals surface area contributed by atoms with E-state index in [-0.39, 0.29) is 25.1 Å². The van der Waals surface area contributed by atoms with Crippen LogP contribution >= 0.6 is 11.6 Å². The molecule has 0 saturated heterocycles. The van der Waals surface area contributed by atoms with Crippen molar-refractivity contribution in [1.29, 1.82) is 0 Å². The highest BCUT2D eigenvalue weighted by Gasteiger charge is 2.11. The fraction of sp³-hybridized carbons (Fsp3) is 0.357. The average Bonchev–Trinajstić information content (AvgIpc) is 2.42. The minimum atomic E-state index is -0.684. The molecule has 0 radical (unpaired) electrons. The summed E-state index contributed by atoms with van der Waals surface area (Å²) in [6.07, 6.45) is 0. The third kappa shape index (κ3) is 6.76. The van der Waals surface area contributed by atoms with E-state index in [4.69, 9.17) is 16.3 Å². The Morgan fingerprint density at radius 1 is 1.19 bits per heavy atom. The molecule has 0 fully saturated rings. The summed E-state index contributed by atoms with van der Waals surface area (Å²) in [7, 11) is 0. The highest BCUT2D eigenvalue weighted by molar-refractivity contribution is 6.30. The first-order chi connectivity index (χ1) is 9.88. The number of esters is 1. The molecule has 0 bridgehead atoms. The van der Waals surface area contributed by atoms with Gasteiger partial charge in [0, 0.05) is 16.6 Å². The molecule has 21 heavy (non-hydrogen) atoms. The minimum Gasteiger partial charge on any atom is -0.454 e. The monoisotopic (exact) mass is 312 g/mol. The van der Waals surface area contributed by atoms with Crippen LogP contribution in [-0.2, 0) is 14.3 Å². The molecule has 0 unspecified atom stereocenters. The lowest BCUT2D eigenvalue weighted by Crippen LogP contribution is -2.36. The number of benzene rings is 1. The first-order valence-corrected chi connectivity index (χ1v) is 6.75. The van der Waals surface area contributed by atoms with Crippen LogP contribution in [0.1, 0.15) is 24.2 Å². The number of rotatable bonds is 6. The number of amides is 2. The van der Waals surface area contributed by atoms with Gasteiger partial charge in [0.05, 0.1) is 0 Å². The van der Waals surface area contributed by atoms with Gasteiger partial charge < -0.3 is 15.4 Å². The zero-order valence-corrected chi connectivity index (χ0v) is 12.6. The van der Waals surface area contributed by atoms with E-state index in [1.165, 1.54) is 0 Å². The molecule has 0 aliphatic carbocycles. The van der Waals surface area contributed by atoms with Gasteiger partial charge in [-0.1, -0.05) is 11.6 Å². The molecule has 114 valence electrons. The highest BCUT2D eigenvalue weighted by Crippen LogP contribution is 2.09. The maximum Gasteiger partial charge on any atom is 0.325 e. The number of carbonyl (C=O) groups is 3. The van der Waals surface area contributed by atoms with Crippen LogP contribution in [0.15, 0.2) is 24.3 Å². The number of nitrogens with one attached hydrogen (secondary N) is 2. The van der Waals surface area contributed by atoms with E-state index in [0.29, 0.717) is 10.6 Å². The Labute approximate surface area is 127 Å². The van der Waals surface area contributed by atoms with Crippen LogP contribution < -0.4 is 10.6 Å². The largest absolute Gasteiger partial charge is 0.454 e. The normalized spacial score (nSPS) is 10.1. The summed E-state index contributed by atoms with van der Waals surface area (Å²) in [5, 5.41) is 5.49. The summed E-state index contributed by atoms with van der Waals surface area (Å²) in [5.74, 6) is -1.49. The number of halogens is 1. The van der Waals surface area contributed by atoms with Gasteiger partial charge in [-0.05, 0) is 38.1 Å². The third-order valence-corrected chi connectivity index (χ3v) is 2.57. The van der Waals surface area contributed by atoms with Gasteiger partial charge in [-0.25, -0.2) is 0 Å². The molecule has 0 atom stereocenters. The van der Waals surface area contributed by atoms with E-state index in [1.807, 2.05) is 0 Å².